The van der Waals surface area contributed by atoms with Gasteiger partial charge in [-0.1, -0.05) is 0 Å². The number of hydrogen-bond donors (Lipinski definition) is 1. The van der Waals surface area contributed by atoms with Crippen molar-refractivity contribution in [1.29, 1.82) is 5.26 Å². The highest BCUT2D eigenvalue weighted by Crippen LogP contribution is 2.28. The van der Waals surface area contributed by atoms with E-state index < -0.39 is 5.97 Å². The number of aromatic nitrogens is 1. The summed E-state index contributed by atoms with van der Waals surface area (Å²) in [5, 5.41) is 20.2. The third kappa shape index (κ3) is 3.96. The minimum Gasteiger partial charge on any atom is -0.497 e. The number of carboxylic acids is 1. The molecule has 0 saturated heterocycles. The molecule has 0 saturated carbocycles. The first-order chi connectivity index (χ1) is 10.6. The summed E-state index contributed by atoms with van der Waals surface area (Å²) in [6.07, 6.45) is -0.0286. The van der Waals surface area contributed by atoms with E-state index >= 15 is 0 Å². The van der Waals surface area contributed by atoms with Crippen molar-refractivity contribution >= 4 is 22.4 Å². The third-order valence-electron chi connectivity index (χ3n) is 3.01. The molecule has 22 heavy (non-hydrogen) atoms. The molecule has 0 bridgehead atoms. The highest BCUT2D eigenvalue weighted by atomic mass is 32.1. The predicted molar refractivity (Wildman–Crippen MR) is 84.2 cm³/mol. The molecule has 0 fully saturated rings. The van der Waals surface area contributed by atoms with Crippen LogP contribution < -0.4 is 9.64 Å². The summed E-state index contributed by atoms with van der Waals surface area (Å²) in [6, 6.07) is 9.56. The van der Waals surface area contributed by atoms with Crippen LogP contribution in [-0.4, -0.2) is 36.3 Å². The Morgan fingerprint density at radius 1 is 1.45 bits per heavy atom. The van der Waals surface area contributed by atoms with Crippen molar-refractivity contribution in [3.8, 4) is 23.1 Å². The summed E-state index contributed by atoms with van der Waals surface area (Å²) >= 11 is 1.39. The van der Waals surface area contributed by atoms with Gasteiger partial charge in [0.05, 0.1) is 25.3 Å². The van der Waals surface area contributed by atoms with Crippen molar-refractivity contribution in [1.82, 2.24) is 4.98 Å². The quantitative estimate of drug-likeness (QED) is 0.790. The Morgan fingerprint density at radius 3 is 2.77 bits per heavy atom. The maximum Gasteiger partial charge on any atom is 0.305 e. The Kier molecular flexibility index (Phi) is 5.33. The summed E-state index contributed by atoms with van der Waals surface area (Å²) in [7, 11) is 1.61. The Hall–Kier alpha value is -2.59. The van der Waals surface area contributed by atoms with Crippen LogP contribution in [0.3, 0.4) is 0 Å². The van der Waals surface area contributed by atoms with Crippen molar-refractivity contribution in [3.05, 3.63) is 29.6 Å². The Bertz CT molecular complexity index is 676. The molecule has 0 aliphatic heterocycles. The van der Waals surface area contributed by atoms with Gasteiger partial charge in [-0.15, -0.1) is 11.3 Å². The molecular weight excluding hydrogens is 302 g/mol. The van der Waals surface area contributed by atoms with Crippen molar-refractivity contribution in [2.45, 2.75) is 6.42 Å². The van der Waals surface area contributed by atoms with Gasteiger partial charge < -0.3 is 14.7 Å². The van der Waals surface area contributed by atoms with Crippen LogP contribution in [0.2, 0.25) is 0 Å². The van der Waals surface area contributed by atoms with E-state index in [-0.39, 0.29) is 19.5 Å². The average molecular weight is 317 g/mol. The summed E-state index contributed by atoms with van der Waals surface area (Å²) < 4.78 is 5.12. The molecule has 0 aliphatic rings. The fourth-order valence-corrected chi connectivity index (χ4v) is 2.72. The number of rotatable bonds is 7. The number of methoxy groups -OCH3 is 1. The molecule has 0 radical (unpaired) electrons. The lowest BCUT2D eigenvalue weighted by atomic mass is 10.2. The van der Waals surface area contributed by atoms with Crippen LogP contribution in [0, 0.1) is 11.3 Å². The zero-order chi connectivity index (χ0) is 15.9. The molecule has 6 nitrogen and oxygen atoms in total. The van der Waals surface area contributed by atoms with Gasteiger partial charge in [-0.3, -0.25) is 4.79 Å². The molecule has 2 rings (SSSR count). The van der Waals surface area contributed by atoms with Gasteiger partial charge in [-0.05, 0) is 24.3 Å². The van der Waals surface area contributed by atoms with E-state index in [0.29, 0.717) is 5.13 Å². The first kappa shape index (κ1) is 15.8. The van der Waals surface area contributed by atoms with Crippen LogP contribution in [0.1, 0.15) is 6.42 Å². The fourth-order valence-electron chi connectivity index (χ4n) is 1.86. The maximum atomic E-state index is 10.7. The number of hydrogen-bond acceptors (Lipinski definition) is 6. The van der Waals surface area contributed by atoms with Gasteiger partial charge in [-0.25, -0.2) is 4.98 Å². The van der Waals surface area contributed by atoms with Crippen molar-refractivity contribution in [2.24, 2.45) is 0 Å². The van der Waals surface area contributed by atoms with Crippen LogP contribution in [-0.2, 0) is 4.79 Å². The van der Waals surface area contributed by atoms with Gasteiger partial charge in [0.25, 0.3) is 0 Å². The standard InChI is InChI=1S/C15H15N3O3S/c1-21-12-4-2-11(3-5-12)13-10-22-15(17-13)18(9-7-16)8-6-14(19)20/h2-5,10H,6,8-9H2,1H3,(H,19,20). The highest BCUT2D eigenvalue weighted by molar-refractivity contribution is 7.14. The van der Waals surface area contributed by atoms with Gasteiger partial charge >= 0.3 is 5.97 Å². The molecule has 1 heterocycles. The highest BCUT2D eigenvalue weighted by Gasteiger charge is 2.13. The first-order valence-corrected chi connectivity index (χ1v) is 7.45. The molecule has 0 spiro atoms. The first-order valence-electron chi connectivity index (χ1n) is 6.57. The van der Waals surface area contributed by atoms with Crippen molar-refractivity contribution < 1.29 is 14.6 Å². The van der Waals surface area contributed by atoms with Gasteiger partial charge in [0.15, 0.2) is 5.13 Å². The molecule has 0 amide bonds. The second-order valence-corrected chi connectivity index (χ2v) is 5.30. The Balaban J connectivity index is 2.16. The minimum atomic E-state index is -0.894. The number of carboxylic acid groups (broad SMARTS) is 1. The summed E-state index contributed by atoms with van der Waals surface area (Å²) in [4.78, 5) is 16.9. The van der Waals surface area contributed by atoms with E-state index in [2.05, 4.69) is 4.98 Å². The van der Waals surface area contributed by atoms with E-state index in [4.69, 9.17) is 15.1 Å². The number of thiazole rings is 1. The Morgan fingerprint density at radius 2 is 2.18 bits per heavy atom. The molecule has 1 aromatic carbocycles. The maximum absolute atomic E-state index is 10.7. The molecule has 1 aromatic heterocycles. The van der Waals surface area contributed by atoms with Gasteiger partial charge in [0, 0.05) is 17.5 Å². The lowest BCUT2D eigenvalue weighted by molar-refractivity contribution is -0.136. The molecule has 2 aromatic rings. The summed E-state index contributed by atoms with van der Waals surface area (Å²) in [5.74, 6) is -0.123. The number of benzene rings is 1. The lowest BCUT2D eigenvalue weighted by Gasteiger charge is -2.16. The number of anilines is 1. The monoisotopic (exact) mass is 317 g/mol. The van der Waals surface area contributed by atoms with Gasteiger partial charge in [0.2, 0.25) is 0 Å². The number of nitriles is 1. The molecule has 114 valence electrons. The molecular formula is C15H15N3O3S. The minimum absolute atomic E-state index is 0.0286. The van der Waals surface area contributed by atoms with Crippen LogP contribution in [0.5, 0.6) is 5.75 Å². The SMILES string of the molecule is COc1ccc(-c2csc(N(CC#N)CCC(=O)O)n2)cc1. The average Bonchev–Trinajstić information content (AvgIpc) is 3.01. The number of aliphatic carboxylic acids is 1. The van der Waals surface area contributed by atoms with Gasteiger partial charge in [-0.2, -0.15) is 5.26 Å². The molecule has 1 N–H and O–H groups in total. The van der Waals surface area contributed by atoms with Crippen molar-refractivity contribution in [3.63, 3.8) is 0 Å². The van der Waals surface area contributed by atoms with E-state index in [0.717, 1.165) is 17.0 Å². The summed E-state index contributed by atoms with van der Waals surface area (Å²) in [6.45, 7) is 0.376. The zero-order valence-electron chi connectivity index (χ0n) is 12.0. The Labute approximate surface area is 132 Å². The topological polar surface area (TPSA) is 86.5 Å². The molecule has 0 atom stereocenters. The predicted octanol–water partition coefficient (Wildman–Crippen LogP) is 2.62. The van der Waals surface area contributed by atoms with E-state index in [1.165, 1.54) is 11.3 Å². The second-order valence-electron chi connectivity index (χ2n) is 4.47. The smallest absolute Gasteiger partial charge is 0.305 e. The zero-order valence-corrected chi connectivity index (χ0v) is 12.8. The number of ether oxygens (including phenoxy) is 1. The normalized spacial score (nSPS) is 10.0. The molecule has 0 aliphatic carbocycles. The van der Waals surface area contributed by atoms with E-state index in [1.807, 2.05) is 35.7 Å². The van der Waals surface area contributed by atoms with E-state index in [9.17, 15) is 4.79 Å². The third-order valence-corrected chi connectivity index (χ3v) is 3.91. The molecule has 7 heteroatoms. The molecule has 0 unspecified atom stereocenters. The summed E-state index contributed by atoms with van der Waals surface area (Å²) in [5.41, 5.74) is 1.74. The van der Waals surface area contributed by atoms with Gasteiger partial charge in [0.1, 0.15) is 12.3 Å². The number of carbonyl (C=O) groups is 1. The second kappa shape index (κ2) is 7.43. The van der Waals surface area contributed by atoms with Crippen LogP contribution in [0.25, 0.3) is 11.3 Å². The van der Waals surface area contributed by atoms with Crippen LogP contribution in [0.4, 0.5) is 5.13 Å². The van der Waals surface area contributed by atoms with Crippen molar-refractivity contribution in [2.75, 3.05) is 25.1 Å². The van der Waals surface area contributed by atoms with Crippen LogP contribution in [0.15, 0.2) is 29.6 Å². The van der Waals surface area contributed by atoms with E-state index in [1.54, 1.807) is 12.0 Å². The lowest BCUT2D eigenvalue weighted by Crippen LogP contribution is -2.26. The fraction of sp³-hybridized carbons (Fsp3) is 0.267. The van der Waals surface area contributed by atoms with Crippen LogP contribution >= 0.6 is 11.3 Å². The number of nitrogens with zero attached hydrogens (tertiary/aromatic N) is 3. The largest absolute Gasteiger partial charge is 0.497 e.